The van der Waals surface area contributed by atoms with Crippen LogP contribution < -0.4 is 15.5 Å². The van der Waals surface area contributed by atoms with Gasteiger partial charge in [-0.05, 0) is 37.5 Å². The number of nitrogens with one attached hydrogen (secondary N) is 2. The fraction of sp³-hybridized carbons (Fsp3) is 0.474. The zero-order chi connectivity index (χ0) is 18.1. The maximum Gasteiger partial charge on any atom is 0.190 e. The number of guanidine groups is 1. The fourth-order valence-corrected chi connectivity index (χ4v) is 3.27. The van der Waals surface area contributed by atoms with Crippen molar-refractivity contribution in [1.29, 1.82) is 0 Å². The topological polar surface area (TPSA) is 52.6 Å². The summed E-state index contributed by atoms with van der Waals surface area (Å²) in [7, 11) is 5.93. The monoisotopic (exact) mass is 359 g/mol. The third-order valence-corrected chi connectivity index (χ3v) is 4.88. The third-order valence-electron chi connectivity index (χ3n) is 3.91. The first kappa shape index (κ1) is 19.2. The smallest absolute Gasteiger partial charge is 0.190 e. The molecule has 0 aliphatic rings. The number of hydrogen-bond acceptors (Lipinski definition) is 4. The van der Waals surface area contributed by atoms with E-state index in [0.29, 0.717) is 0 Å². The average Bonchev–Trinajstić information content (AvgIpc) is 3.02. The van der Waals surface area contributed by atoms with E-state index >= 15 is 0 Å². The molecule has 0 saturated heterocycles. The highest BCUT2D eigenvalue weighted by Gasteiger charge is 2.01. The van der Waals surface area contributed by atoms with Crippen molar-refractivity contribution >= 4 is 23.0 Å². The van der Waals surface area contributed by atoms with Crippen molar-refractivity contribution in [3.8, 4) is 0 Å². The van der Waals surface area contributed by atoms with Crippen LogP contribution in [0, 0.1) is 6.92 Å². The molecular weight excluding hydrogens is 330 g/mol. The van der Waals surface area contributed by atoms with E-state index in [-0.39, 0.29) is 0 Å². The van der Waals surface area contributed by atoms with Gasteiger partial charge in [-0.3, -0.25) is 4.99 Å². The standard InChI is InChI=1S/C19H29N5S/c1-15-14-23-18(25-15)11-13-22-19(20-2)21-12-5-6-16-7-9-17(10-8-16)24(3)4/h7-10,14H,5-6,11-13H2,1-4H3,(H2,20,21,22). The van der Waals surface area contributed by atoms with Crippen molar-refractivity contribution < 1.29 is 0 Å². The minimum Gasteiger partial charge on any atom is -0.378 e. The number of rotatable bonds is 8. The van der Waals surface area contributed by atoms with Gasteiger partial charge in [0.2, 0.25) is 0 Å². The summed E-state index contributed by atoms with van der Waals surface area (Å²) < 4.78 is 0. The van der Waals surface area contributed by atoms with Gasteiger partial charge in [0.15, 0.2) is 5.96 Å². The van der Waals surface area contributed by atoms with Crippen molar-refractivity contribution in [2.24, 2.45) is 4.99 Å². The third kappa shape index (κ3) is 6.74. The molecule has 0 saturated carbocycles. The van der Waals surface area contributed by atoms with Gasteiger partial charge in [-0.25, -0.2) is 4.98 Å². The lowest BCUT2D eigenvalue weighted by atomic mass is 10.1. The Balaban J connectivity index is 1.63. The van der Waals surface area contributed by atoms with Gasteiger partial charge in [0.25, 0.3) is 0 Å². The van der Waals surface area contributed by atoms with Gasteiger partial charge < -0.3 is 15.5 Å². The maximum atomic E-state index is 4.38. The second kappa shape index (κ2) is 10.0. The lowest BCUT2D eigenvalue weighted by Crippen LogP contribution is -2.38. The van der Waals surface area contributed by atoms with Crippen LogP contribution in [0.25, 0.3) is 0 Å². The SMILES string of the molecule is CN=C(NCCCc1ccc(N(C)C)cc1)NCCc1ncc(C)s1. The first-order valence-electron chi connectivity index (χ1n) is 8.70. The molecule has 1 heterocycles. The minimum absolute atomic E-state index is 0.846. The summed E-state index contributed by atoms with van der Waals surface area (Å²) in [5.41, 5.74) is 2.61. The van der Waals surface area contributed by atoms with Crippen molar-refractivity contribution in [2.75, 3.05) is 39.1 Å². The number of aliphatic imine (C=N–C) groups is 1. The molecule has 0 fully saturated rings. The summed E-state index contributed by atoms with van der Waals surface area (Å²) in [6, 6.07) is 8.75. The maximum absolute atomic E-state index is 4.38. The van der Waals surface area contributed by atoms with E-state index < -0.39 is 0 Å². The van der Waals surface area contributed by atoms with E-state index in [4.69, 9.17) is 0 Å². The fourth-order valence-electron chi connectivity index (χ4n) is 2.49. The molecule has 1 aromatic carbocycles. The summed E-state index contributed by atoms with van der Waals surface area (Å²) in [4.78, 5) is 12.0. The van der Waals surface area contributed by atoms with Crippen LogP contribution >= 0.6 is 11.3 Å². The van der Waals surface area contributed by atoms with Gasteiger partial charge in [-0.2, -0.15) is 0 Å². The number of hydrogen-bond donors (Lipinski definition) is 2. The van der Waals surface area contributed by atoms with Crippen LogP contribution in [-0.2, 0) is 12.8 Å². The van der Waals surface area contributed by atoms with Gasteiger partial charge in [0.1, 0.15) is 0 Å². The number of anilines is 1. The largest absolute Gasteiger partial charge is 0.378 e. The number of nitrogens with zero attached hydrogens (tertiary/aromatic N) is 3. The molecule has 1 aromatic heterocycles. The molecule has 136 valence electrons. The summed E-state index contributed by atoms with van der Waals surface area (Å²) in [5, 5.41) is 7.89. The number of aryl methyl sites for hydroxylation is 2. The van der Waals surface area contributed by atoms with Crippen molar-refractivity contribution in [3.05, 3.63) is 45.9 Å². The summed E-state index contributed by atoms with van der Waals surface area (Å²) in [5.74, 6) is 0.858. The van der Waals surface area contributed by atoms with Crippen LogP contribution in [0.1, 0.15) is 21.9 Å². The van der Waals surface area contributed by atoms with Gasteiger partial charge in [0.05, 0.1) is 5.01 Å². The molecule has 0 atom stereocenters. The second-order valence-electron chi connectivity index (χ2n) is 6.20. The van der Waals surface area contributed by atoms with Gasteiger partial charge in [0, 0.05) is 57.4 Å². The molecule has 0 amide bonds. The van der Waals surface area contributed by atoms with Crippen molar-refractivity contribution in [2.45, 2.75) is 26.2 Å². The Morgan fingerprint density at radius 1 is 1.12 bits per heavy atom. The zero-order valence-corrected chi connectivity index (χ0v) is 16.5. The van der Waals surface area contributed by atoms with Crippen LogP contribution in [0.2, 0.25) is 0 Å². The molecule has 2 aromatic rings. The number of benzene rings is 1. The Bertz CT molecular complexity index is 661. The Morgan fingerprint density at radius 2 is 1.84 bits per heavy atom. The van der Waals surface area contributed by atoms with E-state index in [1.165, 1.54) is 21.1 Å². The first-order chi connectivity index (χ1) is 12.1. The highest BCUT2D eigenvalue weighted by molar-refractivity contribution is 7.11. The molecule has 0 aliphatic carbocycles. The van der Waals surface area contributed by atoms with Gasteiger partial charge in [-0.15, -0.1) is 11.3 Å². The lowest BCUT2D eigenvalue weighted by molar-refractivity contribution is 0.738. The van der Waals surface area contributed by atoms with Crippen LogP contribution in [-0.4, -0.2) is 45.2 Å². The van der Waals surface area contributed by atoms with Gasteiger partial charge >= 0.3 is 0 Å². The molecule has 0 aliphatic heterocycles. The molecule has 2 N–H and O–H groups in total. The summed E-state index contributed by atoms with van der Waals surface area (Å²) in [6.07, 6.45) is 5.00. The molecule has 0 spiro atoms. The molecule has 25 heavy (non-hydrogen) atoms. The molecule has 6 heteroatoms. The van der Waals surface area contributed by atoms with E-state index in [1.54, 1.807) is 11.3 Å². The Hall–Kier alpha value is -2.08. The minimum atomic E-state index is 0.846. The van der Waals surface area contributed by atoms with E-state index in [2.05, 4.69) is 70.8 Å². The second-order valence-corrected chi connectivity index (χ2v) is 7.52. The predicted molar refractivity (Wildman–Crippen MR) is 109 cm³/mol. The molecular formula is C19H29N5S. The van der Waals surface area contributed by atoms with Crippen LogP contribution in [0.15, 0.2) is 35.5 Å². The van der Waals surface area contributed by atoms with E-state index in [0.717, 1.165) is 38.3 Å². The predicted octanol–water partition coefficient (Wildman–Crippen LogP) is 2.86. The molecule has 0 unspecified atom stereocenters. The van der Waals surface area contributed by atoms with Crippen LogP contribution in [0.3, 0.4) is 0 Å². The van der Waals surface area contributed by atoms with Crippen LogP contribution in [0.5, 0.6) is 0 Å². The summed E-state index contributed by atoms with van der Waals surface area (Å²) in [6.45, 7) is 3.84. The normalized spacial score (nSPS) is 11.4. The van der Waals surface area contributed by atoms with Crippen LogP contribution in [0.4, 0.5) is 5.69 Å². The average molecular weight is 360 g/mol. The Morgan fingerprint density at radius 3 is 2.44 bits per heavy atom. The van der Waals surface area contributed by atoms with Crippen molar-refractivity contribution in [1.82, 2.24) is 15.6 Å². The molecule has 2 rings (SSSR count). The highest BCUT2D eigenvalue weighted by Crippen LogP contribution is 2.13. The Kier molecular flexibility index (Phi) is 7.73. The number of aromatic nitrogens is 1. The summed E-state index contributed by atoms with van der Waals surface area (Å²) >= 11 is 1.75. The van der Waals surface area contributed by atoms with E-state index in [9.17, 15) is 0 Å². The highest BCUT2D eigenvalue weighted by atomic mass is 32.1. The quantitative estimate of drug-likeness (QED) is 0.432. The van der Waals surface area contributed by atoms with E-state index in [1.807, 2.05) is 13.2 Å². The molecule has 0 bridgehead atoms. The number of thiazole rings is 1. The zero-order valence-electron chi connectivity index (χ0n) is 15.7. The lowest BCUT2D eigenvalue weighted by Gasteiger charge is -2.13. The van der Waals surface area contributed by atoms with Gasteiger partial charge in [-0.1, -0.05) is 12.1 Å². The first-order valence-corrected chi connectivity index (χ1v) is 9.52. The Labute approximate surface area is 155 Å². The molecule has 5 nitrogen and oxygen atoms in total. The van der Waals surface area contributed by atoms with Crippen molar-refractivity contribution in [3.63, 3.8) is 0 Å². The molecule has 0 radical (unpaired) electrons.